The Hall–Kier alpha value is -2.31. The van der Waals surface area contributed by atoms with Gasteiger partial charge >= 0.3 is 5.97 Å². The average molecular weight is 328 g/mol. The molecule has 2 rings (SSSR count). The first-order valence-electron chi connectivity index (χ1n) is 7.46. The van der Waals surface area contributed by atoms with Crippen LogP contribution in [-0.2, 0) is 22.4 Å². The first-order chi connectivity index (χ1) is 11.1. The van der Waals surface area contributed by atoms with Gasteiger partial charge in [-0.25, -0.2) is 0 Å². The highest BCUT2D eigenvalue weighted by Gasteiger charge is 2.40. The molecule has 23 heavy (non-hydrogen) atoms. The van der Waals surface area contributed by atoms with Gasteiger partial charge in [0.25, 0.3) is 0 Å². The van der Waals surface area contributed by atoms with Gasteiger partial charge in [-0.05, 0) is 30.2 Å². The Morgan fingerprint density at radius 2 is 1.65 bits per heavy atom. The lowest BCUT2D eigenvalue weighted by atomic mass is 9.77. The second-order valence-corrected chi connectivity index (χ2v) is 5.82. The van der Waals surface area contributed by atoms with Crippen LogP contribution in [0.4, 0.5) is 0 Å². The number of rotatable bonds is 6. The molecule has 0 fully saturated rings. The summed E-state index contributed by atoms with van der Waals surface area (Å²) in [6.07, 6.45) is 0.597. The lowest BCUT2D eigenvalue weighted by Gasteiger charge is -2.24. The van der Waals surface area contributed by atoms with Crippen LogP contribution in [0.15, 0.2) is 54.6 Å². The number of nitrogens with zero attached hydrogens (tertiary/aromatic N) is 1. The third kappa shape index (κ3) is 4.34. The van der Waals surface area contributed by atoms with Crippen molar-refractivity contribution < 1.29 is 9.53 Å². The topological polar surface area (TPSA) is 50.1 Å². The van der Waals surface area contributed by atoms with Crippen LogP contribution < -0.4 is 0 Å². The molecule has 0 heterocycles. The fourth-order valence-electron chi connectivity index (χ4n) is 2.50. The third-order valence-electron chi connectivity index (χ3n) is 3.65. The molecule has 0 aliphatic carbocycles. The number of benzene rings is 2. The Labute approximate surface area is 141 Å². The summed E-state index contributed by atoms with van der Waals surface area (Å²) < 4.78 is 5.18. The Kier molecular flexibility index (Phi) is 5.78. The van der Waals surface area contributed by atoms with E-state index < -0.39 is 11.4 Å². The van der Waals surface area contributed by atoms with Crippen molar-refractivity contribution >= 4 is 17.6 Å². The number of nitriles is 1. The molecule has 0 aromatic heterocycles. The van der Waals surface area contributed by atoms with Crippen molar-refractivity contribution in [3.63, 3.8) is 0 Å². The third-order valence-corrected chi connectivity index (χ3v) is 3.90. The Bertz CT molecular complexity index is 692. The zero-order chi connectivity index (χ0) is 16.7. The largest absolute Gasteiger partial charge is 0.465 e. The summed E-state index contributed by atoms with van der Waals surface area (Å²) in [6, 6.07) is 18.9. The van der Waals surface area contributed by atoms with Crippen molar-refractivity contribution in [3.05, 3.63) is 70.7 Å². The van der Waals surface area contributed by atoms with Crippen molar-refractivity contribution in [2.24, 2.45) is 5.41 Å². The molecular weight excluding hydrogens is 310 g/mol. The zero-order valence-electron chi connectivity index (χ0n) is 13.0. The van der Waals surface area contributed by atoms with Crippen LogP contribution in [0.3, 0.4) is 0 Å². The van der Waals surface area contributed by atoms with Gasteiger partial charge in [0.05, 0.1) is 12.7 Å². The first kappa shape index (κ1) is 17.1. The monoisotopic (exact) mass is 327 g/mol. The smallest absolute Gasteiger partial charge is 0.327 e. The van der Waals surface area contributed by atoms with E-state index in [1.165, 1.54) is 0 Å². The van der Waals surface area contributed by atoms with E-state index in [2.05, 4.69) is 6.07 Å². The highest BCUT2D eigenvalue weighted by molar-refractivity contribution is 6.30. The molecule has 2 aromatic rings. The second kappa shape index (κ2) is 7.80. The Morgan fingerprint density at radius 1 is 1.09 bits per heavy atom. The molecule has 0 amide bonds. The summed E-state index contributed by atoms with van der Waals surface area (Å²) in [4.78, 5) is 12.5. The van der Waals surface area contributed by atoms with Gasteiger partial charge in [-0.1, -0.05) is 54.1 Å². The van der Waals surface area contributed by atoms with Crippen molar-refractivity contribution in [2.45, 2.75) is 19.8 Å². The quantitative estimate of drug-likeness (QED) is 0.747. The average Bonchev–Trinajstić information content (AvgIpc) is 2.57. The van der Waals surface area contributed by atoms with Gasteiger partial charge in [-0.2, -0.15) is 5.26 Å². The van der Waals surface area contributed by atoms with Gasteiger partial charge in [-0.3, -0.25) is 4.79 Å². The Balaban J connectivity index is 2.35. The highest BCUT2D eigenvalue weighted by Crippen LogP contribution is 2.30. The van der Waals surface area contributed by atoms with E-state index in [1.54, 1.807) is 19.1 Å². The summed E-state index contributed by atoms with van der Waals surface area (Å²) in [6.45, 7) is 1.99. The molecule has 1 atom stereocenters. The van der Waals surface area contributed by atoms with E-state index in [1.807, 2.05) is 42.5 Å². The molecule has 118 valence electrons. The molecule has 0 aliphatic rings. The van der Waals surface area contributed by atoms with Crippen LogP contribution in [0.25, 0.3) is 0 Å². The van der Waals surface area contributed by atoms with Crippen molar-refractivity contribution in [3.8, 4) is 6.07 Å². The molecule has 3 nitrogen and oxygen atoms in total. The summed E-state index contributed by atoms with van der Waals surface area (Å²) in [5.74, 6) is -0.485. The summed E-state index contributed by atoms with van der Waals surface area (Å²) >= 11 is 5.90. The van der Waals surface area contributed by atoms with Gasteiger partial charge in [0.2, 0.25) is 0 Å². The van der Waals surface area contributed by atoms with E-state index >= 15 is 0 Å². The van der Waals surface area contributed by atoms with Gasteiger partial charge in [0.15, 0.2) is 5.41 Å². The molecule has 1 unspecified atom stereocenters. The van der Waals surface area contributed by atoms with Crippen LogP contribution in [-0.4, -0.2) is 12.6 Å². The molecular formula is C19H18ClNO2. The van der Waals surface area contributed by atoms with Crippen molar-refractivity contribution in [1.82, 2.24) is 0 Å². The molecule has 0 radical (unpaired) electrons. The predicted molar refractivity (Wildman–Crippen MR) is 90.0 cm³/mol. The fourth-order valence-corrected chi connectivity index (χ4v) is 2.62. The van der Waals surface area contributed by atoms with Crippen LogP contribution in [0.5, 0.6) is 0 Å². The molecule has 0 saturated heterocycles. The van der Waals surface area contributed by atoms with E-state index in [9.17, 15) is 10.1 Å². The number of hydrogen-bond acceptors (Lipinski definition) is 3. The molecule has 0 bridgehead atoms. The number of carbonyl (C=O) groups excluding carboxylic acids is 1. The lowest BCUT2D eigenvalue weighted by Crippen LogP contribution is -2.36. The molecule has 0 N–H and O–H groups in total. The second-order valence-electron chi connectivity index (χ2n) is 5.38. The van der Waals surface area contributed by atoms with Crippen LogP contribution in [0, 0.1) is 16.7 Å². The number of carbonyl (C=O) groups is 1. The molecule has 4 heteroatoms. The molecule has 2 aromatic carbocycles. The maximum atomic E-state index is 12.5. The maximum Gasteiger partial charge on any atom is 0.327 e. The normalized spacial score (nSPS) is 12.9. The summed E-state index contributed by atoms with van der Waals surface area (Å²) in [5.41, 5.74) is 0.557. The number of ether oxygens (including phenoxy) is 1. The van der Waals surface area contributed by atoms with E-state index in [4.69, 9.17) is 16.3 Å². The highest BCUT2D eigenvalue weighted by atomic mass is 35.5. The first-order valence-corrected chi connectivity index (χ1v) is 7.84. The van der Waals surface area contributed by atoms with E-state index in [-0.39, 0.29) is 13.0 Å². The van der Waals surface area contributed by atoms with Crippen molar-refractivity contribution in [1.29, 1.82) is 5.26 Å². The van der Waals surface area contributed by atoms with E-state index in [0.29, 0.717) is 11.4 Å². The number of esters is 1. The zero-order valence-corrected chi connectivity index (χ0v) is 13.7. The summed E-state index contributed by atoms with van der Waals surface area (Å²) in [5, 5.41) is 10.4. The van der Waals surface area contributed by atoms with Gasteiger partial charge in [0.1, 0.15) is 0 Å². The standard InChI is InChI=1S/C19H18ClNO2/c1-2-23-18(22)19(14-21,12-15-6-4-3-5-7-15)13-16-8-10-17(20)11-9-16/h3-11H,2,12-13H2,1H3. The predicted octanol–water partition coefficient (Wildman–Crippen LogP) is 4.20. The van der Waals surface area contributed by atoms with Crippen LogP contribution >= 0.6 is 11.6 Å². The van der Waals surface area contributed by atoms with E-state index in [0.717, 1.165) is 11.1 Å². The number of hydrogen-bond donors (Lipinski definition) is 0. The minimum Gasteiger partial charge on any atom is -0.465 e. The number of halogens is 1. The van der Waals surface area contributed by atoms with Crippen LogP contribution in [0.2, 0.25) is 5.02 Å². The minimum absolute atomic E-state index is 0.248. The summed E-state index contributed by atoms with van der Waals surface area (Å²) in [7, 11) is 0. The fraction of sp³-hybridized carbons (Fsp3) is 0.263. The lowest BCUT2D eigenvalue weighted by molar-refractivity contribution is -0.152. The maximum absolute atomic E-state index is 12.5. The Morgan fingerprint density at radius 3 is 2.17 bits per heavy atom. The molecule has 0 aliphatic heterocycles. The minimum atomic E-state index is -1.24. The van der Waals surface area contributed by atoms with Gasteiger partial charge < -0.3 is 4.74 Å². The van der Waals surface area contributed by atoms with Crippen molar-refractivity contribution in [2.75, 3.05) is 6.61 Å². The van der Waals surface area contributed by atoms with Crippen LogP contribution in [0.1, 0.15) is 18.1 Å². The SMILES string of the molecule is CCOC(=O)C(C#N)(Cc1ccccc1)Cc1ccc(Cl)cc1. The van der Waals surface area contributed by atoms with Gasteiger partial charge in [0, 0.05) is 17.9 Å². The molecule has 0 saturated carbocycles. The van der Waals surface area contributed by atoms with Gasteiger partial charge in [-0.15, -0.1) is 0 Å². The molecule has 0 spiro atoms.